The van der Waals surface area contributed by atoms with E-state index in [1.165, 1.54) is 13.2 Å². The molecule has 1 aromatic carbocycles. The summed E-state index contributed by atoms with van der Waals surface area (Å²) >= 11 is 0. The number of hydrogen-bond acceptors (Lipinski definition) is 6. The van der Waals surface area contributed by atoms with E-state index in [4.69, 9.17) is 9.47 Å². The molecule has 0 aliphatic heterocycles. The summed E-state index contributed by atoms with van der Waals surface area (Å²) < 4.78 is 15.0. The standard InChI is InChI=1S/C20H28N2O6/c1-19(2,3)28-17(24)21-15(16(23)26-6)12-20(4,5)22-18(25)27-13-14-10-8-7-9-11-14/h7-12H,13H2,1-6H3,(H,21,24)(H,22,25). The first kappa shape index (κ1) is 23.0. The second-order valence-electron chi connectivity index (χ2n) is 7.58. The van der Waals surface area contributed by atoms with Crippen LogP contribution in [0.25, 0.3) is 0 Å². The molecule has 0 spiro atoms. The van der Waals surface area contributed by atoms with E-state index in [2.05, 4.69) is 15.4 Å². The lowest BCUT2D eigenvalue weighted by Gasteiger charge is -2.24. The van der Waals surface area contributed by atoms with Crippen LogP contribution in [-0.2, 0) is 25.6 Å². The maximum absolute atomic E-state index is 12.1. The number of methoxy groups -OCH3 is 1. The number of carbonyl (C=O) groups excluding carboxylic acids is 3. The quantitative estimate of drug-likeness (QED) is 0.438. The molecule has 0 aliphatic carbocycles. The molecule has 2 amide bonds. The highest BCUT2D eigenvalue weighted by atomic mass is 16.6. The summed E-state index contributed by atoms with van der Waals surface area (Å²) in [7, 11) is 1.18. The van der Waals surface area contributed by atoms with Crippen molar-refractivity contribution in [1.29, 1.82) is 0 Å². The van der Waals surface area contributed by atoms with Gasteiger partial charge in [-0.1, -0.05) is 30.3 Å². The van der Waals surface area contributed by atoms with Gasteiger partial charge in [0.1, 0.15) is 17.9 Å². The minimum absolute atomic E-state index is 0.104. The van der Waals surface area contributed by atoms with Crippen LogP contribution in [0.5, 0.6) is 0 Å². The average molecular weight is 392 g/mol. The van der Waals surface area contributed by atoms with Crippen molar-refractivity contribution in [2.24, 2.45) is 0 Å². The molecule has 0 saturated heterocycles. The molecule has 0 fully saturated rings. The van der Waals surface area contributed by atoms with Gasteiger partial charge >= 0.3 is 18.2 Å². The number of nitrogens with one attached hydrogen (secondary N) is 2. The zero-order valence-corrected chi connectivity index (χ0v) is 17.1. The largest absolute Gasteiger partial charge is 0.464 e. The summed E-state index contributed by atoms with van der Waals surface area (Å²) in [4.78, 5) is 36.0. The Morgan fingerprint density at radius 2 is 1.61 bits per heavy atom. The second kappa shape index (κ2) is 9.77. The second-order valence-corrected chi connectivity index (χ2v) is 7.58. The molecule has 1 rings (SSSR count). The van der Waals surface area contributed by atoms with E-state index >= 15 is 0 Å². The Bertz CT molecular complexity index is 720. The number of carbonyl (C=O) groups is 3. The Hall–Kier alpha value is -3.03. The average Bonchev–Trinajstić information content (AvgIpc) is 2.57. The van der Waals surface area contributed by atoms with Gasteiger partial charge in [-0.2, -0.15) is 0 Å². The van der Waals surface area contributed by atoms with Crippen molar-refractivity contribution < 1.29 is 28.6 Å². The van der Waals surface area contributed by atoms with Crippen LogP contribution in [0.3, 0.4) is 0 Å². The Morgan fingerprint density at radius 1 is 1.00 bits per heavy atom. The van der Waals surface area contributed by atoms with Crippen LogP contribution < -0.4 is 10.6 Å². The number of ether oxygens (including phenoxy) is 3. The van der Waals surface area contributed by atoms with Gasteiger partial charge in [-0.15, -0.1) is 0 Å². The van der Waals surface area contributed by atoms with Gasteiger partial charge in [-0.25, -0.2) is 14.4 Å². The third kappa shape index (κ3) is 9.07. The summed E-state index contributed by atoms with van der Waals surface area (Å²) in [5.41, 5.74) is -1.08. The van der Waals surface area contributed by atoms with Gasteiger partial charge in [0.25, 0.3) is 0 Å². The third-order valence-electron chi connectivity index (χ3n) is 3.18. The van der Waals surface area contributed by atoms with Gasteiger partial charge in [-0.3, -0.25) is 5.32 Å². The van der Waals surface area contributed by atoms with Gasteiger partial charge in [0.15, 0.2) is 0 Å². The number of rotatable bonds is 6. The third-order valence-corrected chi connectivity index (χ3v) is 3.18. The summed E-state index contributed by atoms with van der Waals surface area (Å²) in [5.74, 6) is -0.779. The topological polar surface area (TPSA) is 103 Å². The molecule has 8 heteroatoms. The molecule has 0 radical (unpaired) electrons. The molecule has 0 saturated carbocycles. The Labute approximate surface area is 165 Å². The molecule has 0 bridgehead atoms. The first-order valence-corrected chi connectivity index (χ1v) is 8.72. The molecule has 0 heterocycles. The lowest BCUT2D eigenvalue weighted by molar-refractivity contribution is -0.136. The minimum atomic E-state index is -1.02. The zero-order valence-electron chi connectivity index (χ0n) is 17.1. The van der Waals surface area contributed by atoms with Crippen molar-refractivity contribution in [1.82, 2.24) is 10.6 Å². The van der Waals surface area contributed by atoms with Crippen LogP contribution in [0, 0.1) is 0 Å². The monoisotopic (exact) mass is 392 g/mol. The van der Waals surface area contributed by atoms with Crippen LogP contribution in [-0.4, -0.2) is 36.4 Å². The van der Waals surface area contributed by atoms with Crippen molar-refractivity contribution in [3.8, 4) is 0 Å². The lowest BCUT2D eigenvalue weighted by Crippen LogP contribution is -2.44. The van der Waals surface area contributed by atoms with Crippen LogP contribution in [0.4, 0.5) is 9.59 Å². The molecule has 1 aromatic rings. The van der Waals surface area contributed by atoms with Gasteiger partial charge in [-0.05, 0) is 46.3 Å². The molecule has 0 aromatic heterocycles. The summed E-state index contributed by atoms with van der Waals surface area (Å²) in [6.45, 7) is 8.46. The van der Waals surface area contributed by atoms with Crippen molar-refractivity contribution in [3.63, 3.8) is 0 Å². The van der Waals surface area contributed by atoms with Crippen LogP contribution >= 0.6 is 0 Å². The molecule has 8 nitrogen and oxygen atoms in total. The van der Waals surface area contributed by atoms with Gasteiger partial charge < -0.3 is 19.5 Å². The number of amides is 2. The van der Waals surface area contributed by atoms with Gasteiger partial charge in [0, 0.05) is 0 Å². The summed E-state index contributed by atoms with van der Waals surface area (Å²) in [5, 5.41) is 4.96. The highest BCUT2D eigenvalue weighted by Crippen LogP contribution is 2.12. The van der Waals surface area contributed by atoms with E-state index in [-0.39, 0.29) is 12.3 Å². The fraction of sp³-hybridized carbons (Fsp3) is 0.450. The van der Waals surface area contributed by atoms with Crippen LogP contribution in [0.2, 0.25) is 0 Å². The molecule has 0 atom stereocenters. The number of alkyl carbamates (subject to hydrolysis) is 2. The van der Waals surface area contributed by atoms with E-state index in [1.54, 1.807) is 34.6 Å². The highest BCUT2D eigenvalue weighted by Gasteiger charge is 2.25. The molecular formula is C20H28N2O6. The number of esters is 1. The first-order valence-electron chi connectivity index (χ1n) is 8.72. The molecule has 0 unspecified atom stereocenters. The van der Waals surface area contributed by atoms with Gasteiger partial charge in [0.2, 0.25) is 0 Å². The first-order chi connectivity index (χ1) is 12.9. The van der Waals surface area contributed by atoms with Crippen LogP contribution in [0.1, 0.15) is 40.2 Å². The Kier molecular flexibility index (Phi) is 8.03. The number of hydrogen-bond donors (Lipinski definition) is 2. The highest BCUT2D eigenvalue weighted by molar-refractivity contribution is 5.92. The maximum atomic E-state index is 12.1. The van der Waals surface area contributed by atoms with E-state index in [0.717, 1.165) is 5.56 Å². The van der Waals surface area contributed by atoms with E-state index in [9.17, 15) is 14.4 Å². The molecule has 2 N–H and O–H groups in total. The molecule has 154 valence electrons. The number of benzene rings is 1. The van der Waals surface area contributed by atoms with E-state index in [1.807, 2.05) is 30.3 Å². The van der Waals surface area contributed by atoms with Crippen molar-refractivity contribution >= 4 is 18.2 Å². The molecular weight excluding hydrogens is 364 g/mol. The van der Waals surface area contributed by atoms with Crippen molar-refractivity contribution in [3.05, 3.63) is 47.7 Å². The fourth-order valence-electron chi connectivity index (χ4n) is 2.09. The fourth-order valence-corrected chi connectivity index (χ4v) is 2.09. The smallest absolute Gasteiger partial charge is 0.412 e. The van der Waals surface area contributed by atoms with E-state index < -0.39 is 29.3 Å². The predicted molar refractivity (Wildman–Crippen MR) is 103 cm³/mol. The lowest BCUT2D eigenvalue weighted by atomic mass is 10.0. The van der Waals surface area contributed by atoms with Crippen LogP contribution in [0.15, 0.2) is 42.1 Å². The summed E-state index contributed by atoms with van der Waals surface area (Å²) in [6.07, 6.45) is -0.134. The Balaban J connectivity index is 2.78. The van der Waals surface area contributed by atoms with Crippen molar-refractivity contribution in [2.45, 2.75) is 52.4 Å². The normalized spacial score (nSPS) is 12.0. The molecule has 0 aliphatic rings. The SMILES string of the molecule is COC(=O)C(=CC(C)(C)NC(=O)OCc1ccccc1)NC(=O)OC(C)(C)C. The predicted octanol–water partition coefficient (Wildman–Crippen LogP) is 3.27. The minimum Gasteiger partial charge on any atom is -0.464 e. The molecule has 28 heavy (non-hydrogen) atoms. The summed E-state index contributed by atoms with van der Waals surface area (Å²) in [6, 6.07) is 9.21. The van der Waals surface area contributed by atoms with E-state index in [0.29, 0.717) is 0 Å². The maximum Gasteiger partial charge on any atom is 0.412 e. The van der Waals surface area contributed by atoms with Gasteiger partial charge in [0.05, 0.1) is 12.6 Å². The zero-order chi connectivity index (χ0) is 21.4. The Morgan fingerprint density at radius 3 is 2.14 bits per heavy atom. The van der Waals surface area contributed by atoms with Crippen molar-refractivity contribution in [2.75, 3.05) is 7.11 Å².